The number of carbonyl (C=O) groups excluding carboxylic acids is 1. The van der Waals surface area contributed by atoms with E-state index < -0.39 is 0 Å². The highest BCUT2D eigenvalue weighted by Gasteiger charge is 2.22. The Bertz CT molecular complexity index is 427. The molecule has 4 nitrogen and oxygen atoms in total. The first-order chi connectivity index (χ1) is 7.59. The van der Waals surface area contributed by atoms with Crippen LogP contribution in [0.5, 0.6) is 11.5 Å². The highest BCUT2D eigenvalue weighted by atomic mass is 35.5. The average Bonchev–Trinajstić information content (AvgIpc) is 2.75. The van der Waals surface area contributed by atoms with Crippen LogP contribution in [0.2, 0.25) is 5.02 Å². The Hall–Kier alpha value is -1.42. The zero-order valence-corrected chi connectivity index (χ0v) is 9.37. The molecule has 1 aliphatic heterocycles. The molecule has 1 aromatic rings. The molecule has 1 fully saturated rings. The number of likely N-dealkylation sites (tertiary alicyclic amines) is 1. The molecule has 0 unspecified atom stereocenters. The predicted octanol–water partition coefficient (Wildman–Crippen LogP) is 1.99. The molecule has 1 heterocycles. The van der Waals surface area contributed by atoms with E-state index in [1.807, 2.05) is 0 Å². The Kier molecular flexibility index (Phi) is 2.92. The number of amides is 1. The third kappa shape index (κ3) is 1.93. The quantitative estimate of drug-likeness (QED) is 0.791. The van der Waals surface area contributed by atoms with E-state index in [1.54, 1.807) is 4.90 Å². The Morgan fingerprint density at radius 1 is 1.19 bits per heavy atom. The lowest BCUT2D eigenvalue weighted by Gasteiger charge is -2.16. The molecule has 1 amide bonds. The van der Waals surface area contributed by atoms with Gasteiger partial charge in [-0.05, 0) is 18.9 Å². The minimum absolute atomic E-state index is 0.0698. The van der Waals surface area contributed by atoms with Crippen molar-refractivity contribution in [3.63, 3.8) is 0 Å². The van der Waals surface area contributed by atoms with Crippen molar-refractivity contribution in [1.29, 1.82) is 0 Å². The number of hydrogen-bond acceptors (Lipinski definition) is 3. The number of phenolic OH excluding ortho intramolecular Hbond substituents is 2. The van der Waals surface area contributed by atoms with Gasteiger partial charge in [0.2, 0.25) is 0 Å². The van der Waals surface area contributed by atoms with Gasteiger partial charge in [0.15, 0.2) is 0 Å². The summed E-state index contributed by atoms with van der Waals surface area (Å²) in [6, 6.07) is 2.39. The maximum Gasteiger partial charge on any atom is 0.257 e. The molecular formula is C11H12ClNO3. The topological polar surface area (TPSA) is 60.8 Å². The Morgan fingerprint density at radius 3 is 2.44 bits per heavy atom. The molecule has 1 aliphatic rings. The van der Waals surface area contributed by atoms with Crippen molar-refractivity contribution in [3.8, 4) is 11.5 Å². The summed E-state index contributed by atoms with van der Waals surface area (Å²) < 4.78 is 0. The third-order valence-electron chi connectivity index (χ3n) is 2.69. The zero-order chi connectivity index (χ0) is 11.7. The van der Waals surface area contributed by atoms with E-state index in [0.29, 0.717) is 13.1 Å². The summed E-state index contributed by atoms with van der Waals surface area (Å²) in [5, 5.41) is 18.9. The molecule has 5 heteroatoms. The Labute approximate surface area is 98.1 Å². The molecule has 2 rings (SSSR count). The number of hydrogen-bond donors (Lipinski definition) is 2. The van der Waals surface area contributed by atoms with Crippen LogP contribution >= 0.6 is 11.6 Å². The van der Waals surface area contributed by atoms with Gasteiger partial charge in [-0.3, -0.25) is 4.79 Å². The van der Waals surface area contributed by atoms with Crippen molar-refractivity contribution in [2.24, 2.45) is 0 Å². The van der Waals surface area contributed by atoms with Crippen molar-refractivity contribution < 1.29 is 15.0 Å². The van der Waals surface area contributed by atoms with Gasteiger partial charge >= 0.3 is 0 Å². The summed E-state index contributed by atoms with van der Waals surface area (Å²) in [6.07, 6.45) is 1.97. The van der Waals surface area contributed by atoms with Crippen molar-refractivity contribution in [2.75, 3.05) is 13.1 Å². The van der Waals surface area contributed by atoms with E-state index in [1.165, 1.54) is 6.07 Å². The number of rotatable bonds is 1. The highest BCUT2D eigenvalue weighted by molar-refractivity contribution is 6.32. The van der Waals surface area contributed by atoms with Gasteiger partial charge in [0.1, 0.15) is 11.5 Å². The van der Waals surface area contributed by atoms with Crippen LogP contribution in [0.3, 0.4) is 0 Å². The molecule has 1 aromatic carbocycles. The van der Waals surface area contributed by atoms with E-state index in [-0.39, 0.29) is 28.0 Å². The van der Waals surface area contributed by atoms with Crippen LogP contribution in [-0.4, -0.2) is 34.1 Å². The van der Waals surface area contributed by atoms with Crippen LogP contribution < -0.4 is 0 Å². The Morgan fingerprint density at radius 2 is 1.81 bits per heavy atom. The largest absolute Gasteiger partial charge is 0.507 e. The monoisotopic (exact) mass is 241 g/mol. The van der Waals surface area contributed by atoms with E-state index in [2.05, 4.69) is 0 Å². The fourth-order valence-corrected chi connectivity index (χ4v) is 1.98. The summed E-state index contributed by atoms with van der Waals surface area (Å²) in [7, 11) is 0. The SMILES string of the molecule is O=C(c1cc(Cl)c(O)cc1O)N1CCCC1. The van der Waals surface area contributed by atoms with Crippen molar-refractivity contribution in [2.45, 2.75) is 12.8 Å². The molecule has 1 saturated heterocycles. The van der Waals surface area contributed by atoms with E-state index >= 15 is 0 Å². The molecule has 0 saturated carbocycles. The molecule has 0 aliphatic carbocycles. The average molecular weight is 242 g/mol. The van der Waals surface area contributed by atoms with Gasteiger partial charge in [-0.1, -0.05) is 11.6 Å². The number of carbonyl (C=O) groups is 1. The van der Waals surface area contributed by atoms with Crippen LogP contribution in [0, 0.1) is 0 Å². The minimum atomic E-state index is -0.239. The normalized spacial score (nSPS) is 15.4. The van der Waals surface area contributed by atoms with Gasteiger partial charge in [0.05, 0.1) is 10.6 Å². The molecule has 16 heavy (non-hydrogen) atoms. The predicted molar refractivity (Wildman–Crippen MR) is 59.9 cm³/mol. The van der Waals surface area contributed by atoms with Crippen molar-refractivity contribution in [1.82, 2.24) is 4.90 Å². The maximum atomic E-state index is 12.0. The second-order valence-corrected chi connectivity index (χ2v) is 4.23. The lowest BCUT2D eigenvalue weighted by atomic mass is 10.1. The van der Waals surface area contributed by atoms with Gasteiger partial charge in [0.25, 0.3) is 5.91 Å². The Balaban J connectivity index is 2.32. The number of aromatic hydroxyl groups is 2. The molecule has 86 valence electrons. The fourth-order valence-electron chi connectivity index (χ4n) is 1.81. The number of benzene rings is 1. The van der Waals surface area contributed by atoms with Crippen LogP contribution in [0.1, 0.15) is 23.2 Å². The molecule has 2 N–H and O–H groups in total. The van der Waals surface area contributed by atoms with Crippen LogP contribution in [0.4, 0.5) is 0 Å². The smallest absolute Gasteiger partial charge is 0.257 e. The van der Waals surface area contributed by atoms with Crippen molar-refractivity contribution >= 4 is 17.5 Å². The summed E-state index contributed by atoms with van der Waals surface area (Å²) in [5.74, 6) is -0.701. The third-order valence-corrected chi connectivity index (χ3v) is 2.99. The first-order valence-electron chi connectivity index (χ1n) is 5.10. The lowest BCUT2D eigenvalue weighted by Crippen LogP contribution is -2.27. The van der Waals surface area contributed by atoms with Gasteiger partial charge in [-0.15, -0.1) is 0 Å². The molecule has 0 aromatic heterocycles. The summed E-state index contributed by atoms with van der Waals surface area (Å²) in [4.78, 5) is 13.6. The van der Waals surface area contributed by atoms with E-state index in [0.717, 1.165) is 18.9 Å². The van der Waals surface area contributed by atoms with Gasteiger partial charge in [-0.2, -0.15) is 0 Å². The first-order valence-corrected chi connectivity index (χ1v) is 5.48. The fraction of sp³-hybridized carbons (Fsp3) is 0.364. The standard InChI is InChI=1S/C11H12ClNO3/c12-8-5-7(9(14)6-10(8)15)11(16)13-3-1-2-4-13/h5-6,14-15H,1-4H2. The van der Waals surface area contributed by atoms with Crippen LogP contribution in [0.15, 0.2) is 12.1 Å². The molecule has 0 bridgehead atoms. The van der Waals surface area contributed by atoms with Crippen LogP contribution in [0.25, 0.3) is 0 Å². The highest BCUT2D eigenvalue weighted by Crippen LogP contribution is 2.32. The van der Waals surface area contributed by atoms with E-state index in [9.17, 15) is 15.0 Å². The second kappa shape index (κ2) is 4.22. The molecule has 0 spiro atoms. The van der Waals surface area contributed by atoms with Gasteiger partial charge < -0.3 is 15.1 Å². The molecule has 0 radical (unpaired) electrons. The summed E-state index contributed by atoms with van der Waals surface area (Å²) in [5.41, 5.74) is 0.143. The lowest BCUT2D eigenvalue weighted by molar-refractivity contribution is 0.0790. The van der Waals surface area contributed by atoms with Gasteiger partial charge in [0, 0.05) is 19.2 Å². The zero-order valence-electron chi connectivity index (χ0n) is 8.61. The number of halogens is 1. The molecule has 0 atom stereocenters. The minimum Gasteiger partial charge on any atom is -0.507 e. The molecular weight excluding hydrogens is 230 g/mol. The number of nitrogens with zero attached hydrogens (tertiary/aromatic N) is 1. The second-order valence-electron chi connectivity index (χ2n) is 3.82. The van der Waals surface area contributed by atoms with Gasteiger partial charge in [-0.25, -0.2) is 0 Å². The number of phenols is 2. The van der Waals surface area contributed by atoms with Crippen LogP contribution in [-0.2, 0) is 0 Å². The van der Waals surface area contributed by atoms with Crippen molar-refractivity contribution in [3.05, 3.63) is 22.7 Å². The summed E-state index contributed by atoms with van der Waals surface area (Å²) >= 11 is 5.70. The van der Waals surface area contributed by atoms with E-state index in [4.69, 9.17) is 11.6 Å². The first kappa shape index (κ1) is 11.1. The maximum absolute atomic E-state index is 12.0. The summed E-state index contributed by atoms with van der Waals surface area (Å²) in [6.45, 7) is 1.41.